The zero-order chi connectivity index (χ0) is 15.5. The summed E-state index contributed by atoms with van der Waals surface area (Å²) in [6, 6.07) is 5.60. The Balaban J connectivity index is 1.94. The van der Waals surface area contributed by atoms with Crippen molar-refractivity contribution in [3.05, 3.63) is 35.7 Å². The lowest BCUT2D eigenvalue weighted by molar-refractivity contribution is 0.0728. The molecule has 22 heavy (non-hydrogen) atoms. The molecule has 0 spiro atoms. The van der Waals surface area contributed by atoms with Gasteiger partial charge < -0.3 is 14.4 Å². The van der Waals surface area contributed by atoms with E-state index in [-0.39, 0.29) is 11.9 Å². The maximum atomic E-state index is 12.6. The maximum Gasteiger partial charge on any atom is 0.276 e. The van der Waals surface area contributed by atoms with Gasteiger partial charge in [0.1, 0.15) is 11.5 Å². The molecule has 7 nitrogen and oxygen atoms in total. The van der Waals surface area contributed by atoms with Gasteiger partial charge in [-0.2, -0.15) is 15.4 Å². The normalized spacial score (nSPS) is 17.5. The van der Waals surface area contributed by atoms with E-state index in [0.717, 1.165) is 29.9 Å². The van der Waals surface area contributed by atoms with Crippen molar-refractivity contribution in [1.82, 2.24) is 20.3 Å². The summed E-state index contributed by atoms with van der Waals surface area (Å²) in [6.07, 6.45) is 3.27. The Morgan fingerprint density at radius 3 is 2.91 bits per heavy atom. The quantitative estimate of drug-likeness (QED) is 0.931. The number of amides is 1. The van der Waals surface area contributed by atoms with Gasteiger partial charge in [-0.15, -0.1) is 0 Å². The molecule has 1 aromatic carbocycles. The fraction of sp³-hybridized carbons (Fsp3) is 0.400. The Morgan fingerprint density at radius 2 is 2.23 bits per heavy atom. The Bertz CT molecular complexity index is 657. The number of nitrogens with zero attached hydrogens (tertiary/aromatic N) is 3. The summed E-state index contributed by atoms with van der Waals surface area (Å²) in [7, 11) is 3.25. The van der Waals surface area contributed by atoms with E-state index in [9.17, 15) is 4.79 Å². The third kappa shape index (κ3) is 2.49. The lowest BCUT2D eigenvalue weighted by Crippen LogP contribution is -2.31. The lowest BCUT2D eigenvalue weighted by Gasteiger charge is -2.26. The van der Waals surface area contributed by atoms with Crippen LogP contribution in [0.4, 0.5) is 0 Å². The average Bonchev–Trinajstić information content (AvgIpc) is 3.24. The number of hydrogen-bond acceptors (Lipinski definition) is 5. The van der Waals surface area contributed by atoms with Gasteiger partial charge in [0.05, 0.1) is 26.5 Å². The van der Waals surface area contributed by atoms with Gasteiger partial charge in [-0.05, 0) is 31.0 Å². The highest BCUT2D eigenvalue weighted by Gasteiger charge is 2.33. The summed E-state index contributed by atoms with van der Waals surface area (Å²) in [5, 5.41) is 10.1. The second-order valence-electron chi connectivity index (χ2n) is 5.12. The molecule has 1 fully saturated rings. The van der Waals surface area contributed by atoms with Crippen LogP contribution in [0.25, 0.3) is 0 Å². The SMILES string of the molecule is COc1ccc(OC)c(C2CCCN2C(=O)c2cn[nH]n2)c1. The minimum absolute atomic E-state index is 0.0470. The summed E-state index contributed by atoms with van der Waals surface area (Å²) in [4.78, 5) is 14.4. The highest BCUT2D eigenvalue weighted by molar-refractivity contribution is 5.92. The molecule has 0 aliphatic carbocycles. The van der Waals surface area contributed by atoms with Gasteiger partial charge in [0.25, 0.3) is 5.91 Å². The molecule has 1 aliphatic rings. The Labute approximate surface area is 128 Å². The van der Waals surface area contributed by atoms with E-state index in [1.54, 1.807) is 14.2 Å². The topological polar surface area (TPSA) is 80.3 Å². The predicted molar refractivity (Wildman–Crippen MR) is 78.9 cm³/mol. The number of benzene rings is 1. The molecule has 0 bridgehead atoms. The smallest absolute Gasteiger partial charge is 0.276 e. The van der Waals surface area contributed by atoms with Gasteiger partial charge in [0.15, 0.2) is 5.69 Å². The Morgan fingerprint density at radius 1 is 1.36 bits per heavy atom. The molecule has 7 heteroatoms. The van der Waals surface area contributed by atoms with E-state index in [2.05, 4.69) is 15.4 Å². The van der Waals surface area contributed by atoms with E-state index >= 15 is 0 Å². The first kappa shape index (κ1) is 14.4. The molecule has 1 saturated heterocycles. The van der Waals surface area contributed by atoms with Crippen LogP contribution >= 0.6 is 0 Å². The third-order valence-electron chi connectivity index (χ3n) is 3.94. The highest BCUT2D eigenvalue weighted by atomic mass is 16.5. The highest BCUT2D eigenvalue weighted by Crippen LogP contribution is 2.39. The molecule has 2 aromatic rings. The van der Waals surface area contributed by atoms with Gasteiger partial charge in [0.2, 0.25) is 0 Å². The first-order valence-electron chi connectivity index (χ1n) is 7.13. The van der Waals surface area contributed by atoms with E-state index in [1.165, 1.54) is 6.20 Å². The first-order valence-corrected chi connectivity index (χ1v) is 7.13. The number of rotatable bonds is 4. The molecule has 0 radical (unpaired) electrons. The lowest BCUT2D eigenvalue weighted by atomic mass is 10.0. The number of nitrogens with one attached hydrogen (secondary N) is 1. The number of ether oxygens (including phenoxy) is 2. The molecule has 116 valence electrons. The van der Waals surface area contributed by atoms with Crippen LogP contribution in [0.2, 0.25) is 0 Å². The zero-order valence-corrected chi connectivity index (χ0v) is 12.6. The summed E-state index contributed by atoms with van der Waals surface area (Å²) < 4.78 is 10.7. The zero-order valence-electron chi connectivity index (χ0n) is 12.6. The van der Waals surface area contributed by atoms with Crippen LogP contribution in [0, 0.1) is 0 Å². The van der Waals surface area contributed by atoms with Crippen molar-refractivity contribution in [2.45, 2.75) is 18.9 Å². The van der Waals surface area contributed by atoms with Crippen LogP contribution in [0.1, 0.15) is 34.9 Å². The van der Waals surface area contributed by atoms with Crippen molar-refractivity contribution in [1.29, 1.82) is 0 Å². The van der Waals surface area contributed by atoms with Crippen molar-refractivity contribution in [2.24, 2.45) is 0 Å². The molecule has 1 N–H and O–H groups in total. The van der Waals surface area contributed by atoms with Crippen LogP contribution in [0.3, 0.4) is 0 Å². The molecule has 2 heterocycles. The minimum atomic E-state index is -0.124. The summed E-state index contributed by atoms with van der Waals surface area (Å²) in [6.45, 7) is 0.691. The van der Waals surface area contributed by atoms with Crippen molar-refractivity contribution >= 4 is 5.91 Å². The first-order chi connectivity index (χ1) is 10.7. The van der Waals surface area contributed by atoms with Gasteiger partial charge >= 0.3 is 0 Å². The fourth-order valence-electron chi connectivity index (χ4n) is 2.88. The van der Waals surface area contributed by atoms with E-state index in [0.29, 0.717) is 12.2 Å². The number of aromatic nitrogens is 3. The molecular formula is C15H18N4O3. The van der Waals surface area contributed by atoms with Gasteiger partial charge in [0, 0.05) is 12.1 Å². The van der Waals surface area contributed by atoms with Crippen LogP contribution in [0.15, 0.2) is 24.4 Å². The number of hydrogen-bond donors (Lipinski definition) is 1. The standard InChI is InChI=1S/C15H18N4O3/c1-21-10-5-6-14(22-2)11(8-10)13-4-3-7-19(13)15(20)12-9-16-18-17-12/h5-6,8-9,13H,3-4,7H2,1-2H3,(H,16,17,18). The van der Waals surface area contributed by atoms with Crippen LogP contribution in [-0.2, 0) is 0 Å². The fourth-order valence-corrected chi connectivity index (χ4v) is 2.88. The summed E-state index contributed by atoms with van der Waals surface area (Å²) >= 11 is 0. The summed E-state index contributed by atoms with van der Waals surface area (Å²) in [5.41, 5.74) is 1.28. The Hall–Kier alpha value is -2.57. The van der Waals surface area contributed by atoms with E-state index in [1.807, 2.05) is 23.1 Å². The number of likely N-dealkylation sites (tertiary alicyclic amines) is 1. The molecular weight excluding hydrogens is 284 g/mol. The van der Waals surface area contributed by atoms with Crippen LogP contribution in [-0.4, -0.2) is 47.0 Å². The second kappa shape index (κ2) is 6.05. The average molecular weight is 302 g/mol. The molecule has 0 saturated carbocycles. The number of carbonyl (C=O) groups is 1. The maximum absolute atomic E-state index is 12.6. The van der Waals surface area contributed by atoms with Crippen molar-refractivity contribution in [2.75, 3.05) is 20.8 Å². The number of carbonyl (C=O) groups excluding carboxylic acids is 1. The largest absolute Gasteiger partial charge is 0.497 e. The minimum Gasteiger partial charge on any atom is -0.497 e. The molecule has 1 aromatic heterocycles. The third-order valence-corrected chi connectivity index (χ3v) is 3.94. The van der Waals surface area contributed by atoms with Gasteiger partial charge in [-0.25, -0.2) is 0 Å². The Kier molecular flexibility index (Phi) is 3.95. The number of methoxy groups -OCH3 is 2. The van der Waals surface area contributed by atoms with E-state index < -0.39 is 0 Å². The van der Waals surface area contributed by atoms with E-state index in [4.69, 9.17) is 9.47 Å². The number of aromatic amines is 1. The molecule has 3 rings (SSSR count). The van der Waals surface area contributed by atoms with Crippen molar-refractivity contribution in [3.63, 3.8) is 0 Å². The van der Waals surface area contributed by atoms with Crippen LogP contribution < -0.4 is 9.47 Å². The predicted octanol–water partition coefficient (Wildman–Crippen LogP) is 1.80. The van der Waals surface area contributed by atoms with Crippen molar-refractivity contribution < 1.29 is 14.3 Å². The van der Waals surface area contributed by atoms with Gasteiger partial charge in [-0.1, -0.05) is 0 Å². The number of H-pyrrole nitrogens is 1. The second-order valence-corrected chi connectivity index (χ2v) is 5.12. The molecule has 1 unspecified atom stereocenters. The van der Waals surface area contributed by atoms with Gasteiger partial charge in [-0.3, -0.25) is 4.79 Å². The monoisotopic (exact) mass is 302 g/mol. The molecule has 1 amide bonds. The molecule has 1 atom stereocenters. The van der Waals surface area contributed by atoms with Crippen molar-refractivity contribution in [3.8, 4) is 11.5 Å². The summed E-state index contributed by atoms with van der Waals surface area (Å²) in [5.74, 6) is 1.38. The van der Waals surface area contributed by atoms with Crippen LogP contribution in [0.5, 0.6) is 11.5 Å². The molecule has 1 aliphatic heterocycles.